The summed E-state index contributed by atoms with van der Waals surface area (Å²) < 4.78 is 0. The maximum Gasteiger partial charge on any atom is 0.255 e. The summed E-state index contributed by atoms with van der Waals surface area (Å²) in [6.07, 6.45) is 4.12. The molecule has 1 saturated heterocycles. The van der Waals surface area contributed by atoms with Crippen LogP contribution in [0.15, 0.2) is 23.1 Å². The Morgan fingerprint density at radius 1 is 1.58 bits per heavy atom. The van der Waals surface area contributed by atoms with Gasteiger partial charge in [-0.3, -0.25) is 4.79 Å². The van der Waals surface area contributed by atoms with E-state index in [0.717, 1.165) is 30.8 Å². The molecule has 104 valence electrons. The topological polar surface area (TPSA) is 46.3 Å². The Morgan fingerprint density at radius 3 is 3.05 bits per heavy atom. The maximum absolute atomic E-state index is 12.5. The lowest BCUT2D eigenvalue weighted by Gasteiger charge is -2.32. The Bertz CT molecular complexity index is 467. The van der Waals surface area contributed by atoms with Crippen molar-refractivity contribution in [3.05, 3.63) is 28.8 Å². The third-order valence-corrected chi connectivity index (χ3v) is 4.60. The van der Waals surface area contributed by atoms with Gasteiger partial charge < -0.3 is 10.6 Å². The first-order chi connectivity index (χ1) is 9.15. The fraction of sp³-hybridized carbons (Fsp3) is 0.500. The highest BCUT2D eigenvalue weighted by atomic mass is 35.5. The zero-order valence-corrected chi connectivity index (χ0v) is 12.6. The molecule has 2 rings (SSSR count). The lowest BCUT2D eigenvalue weighted by Crippen LogP contribution is -2.42. The number of thioether (sulfide) groups is 1. The van der Waals surface area contributed by atoms with Crippen molar-refractivity contribution in [2.45, 2.75) is 17.7 Å². The molecule has 1 amide bonds. The summed E-state index contributed by atoms with van der Waals surface area (Å²) in [5.74, 6) is 0.444. The number of amides is 1. The van der Waals surface area contributed by atoms with E-state index in [1.54, 1.807) is 17.8 Å². The first-order valence-corrected chi connectivity index (χ1v) is 8.09. The fourth-order valence-corrected chi connectivity index (χ4v) is 3.05. The van der Waals surface area contributed by atoms with Gasteiger partial charge in [0.2, 0.25) is 0 Å². The lowest BCUT2D eigenvalue weighted by molar-refractivity contribution is 0.0678. The van der Waals surface area contributed by atoms with E-state index < -0.39 is 0 Å². The van der Waals surface area contributed by atoms with Crippen LogP contribution in [-0.4, -0.2) is 36.7 Å². The SMILES string of the molecule is CSc1ccc(Cl)c(C(=O)N2CCCC(CN)C2)c1. The molecule has 2 N–H and O–H groups in total. The molecule has 1 heterocycles. The van der Waals surface area contributed by atoms with Crippen molar-refractivity contribution in [2.75, 3.05) is 25.9 Å². The molecule has 3 nitrogen and oxygen atoms in total. The number of hydrogen-bond donors (Lipinski definition) is 1. The Kier molecular flexibility index (Phi) is 5.13. The van der Waals surface area contributed by atoms with Gasteiger partial charge in [0.25, 0.3) is 5.91 Å². The summed E-state index contributed by atoms with van der Waals surface area (Å²) in [4.78, 5) is 15.5. The molecule has 1 aliphatic heterocycles. The zero-order chi connectivity index (χ0) is 13.8. The van der Waals surface area contributed by atoms with E-state index in [4.69, 9.17) is 17.3 Å². The minimum Gasteiger partial charge on any atom is -0.338 e. The molecule has 1 aliphatic rings. The number of nitrogens with zero attached hydrogens (tertiary/aromatic N) is 1. The molecule has 1 atom stereocenters. The summed E-state index contributed by atoms with van der Waals surface area (Å²) in [6, 6.07) is 5.61. The highest BCUT2D eigenvalue weighted by Gasteiger charge is 2.25. The molecule has 0 bridgehead atoms. The van der Waals surface area contributed by atoms with E-state index in [1.165, 1.54) is 0 Å². The molecule has 19 heavy (non-hydrogen) atoms. The zero-order valence-electron chi connectivity index (χ0n) is 11.1. The molecule has 5 heteroatoms. The Morgan fingerprint density at radius 2 is 2.37 bits per heavy atom. The molecule has 1 aromatic carbocycles. The molecular formula is C14H19ClN2OS. The van der Waals surface area contributed by atoms with Crippen LogP contribution >= 0.6 is 23.4 Å². The van der Waals surface area contributed by atoms with Crippen LogP contribution in [0.4, 0.5) is 0 Å². The smallest absolute Gasteiger partial charge is 0.255 e. The third-order valence-electron chi connectivity index (χ3n) is 3.54. The van der Waals surface area contributed by atoms with Crippen LogP contribution in [0.1, 0.15) is 23.2 Å². The van der Waals surface area contributed by atoms with Crippen molar-refractivity contribution >= 4 is 29.3 Å². The summed E-state index contributed by atoms with van der Waals surface area (Å²) in [6.45, 7) is 2.19. The average molecular weight is 299 g/mol. The first kappa shape index (κ1) is 14.7. The van der Waals surface area contributed by atoms with Gasteiger partial charge in [0, 0.05) is 18.0 Å². The third kappa shape index (κ3) is 3.44. The molecule has 1 aromatic rings. The minimum atomic E-state index is 0.0269. The summed E-state index contributed by atoms with van der Waals surface area (Å²) in [5.41, 5.74) is 6.32. The second kappa shape index (κ2) is 6.64. The quantitative estimate of drug-likeness (QED) is 0.873. The Balaban J connectivity index is 2.18. The Labute approximate surface area is 123 Å². The van der Waals surface area contributed by atoms with Gasteiger partial charge >= 0.3 is 0 Å². The van der Waals surface area contributed by atoms with Gasteiger partial charge in [0.05, 0.1) is 10.6 Å². The van der Waals surface area contributed by atoms with E-state index in [-0.39, 0.29) is 5.91 Å². The summed E-state index contributed by atoms with van der Waals surface area (Å²) >= 11 is 7.77. The molecule has 0 saturated carbocycles. The number of halogens is 1. The van der Waals surface area contributed by atoms with Crippen LogP contribution in [-0.2, 0) is 0 Å². The van der Waals surface area contributed by atoms with Crippen molar-refractivity contribution < 1.29 is 4.79 Å². The van der Waals surface area contributed by atoms with E-state index in [2.05, 4.69) is 0 Å². The number of benzene rings is 1. The lowest BCUT2D eigenvalue weighted by atomic mass is 9.97. The van der Waals surface area contributed by atoms with E-state index in [0.29, 0.717) is 23.0 Å². The second-order valence-electron chi connectivity index (χ2n) is 4.84. The highest BCUT2D eigenvalue weighted by molar-refractivity contribution is 7.98. The van der Waals surface area contributed by atoms with Gasteiger partial charge in [0.1, 0.15) is 0 Å². The number of nitrogens with two attached hydrogens (primary N) is 1. The standard InChI is InChI=1S/C14H19ClN2OS/c1-19-11-4-5-13(15)12(7-11)14(18)17-6-2-3-10(8-16)9-17/h4-5,7,10H,2-3,6,8-9,16H2,1H3. The predicted octanol–water partition coefficient (Wildman–Crippen LogP) is 2.87. The van der Waals surface area contributed by atoms with Crippen LogP contribution in [0.3, 0.4) is 0 Å². The van der Waals surface area contributed by atoms with Gasteiger partial charge in [0.15, 0.2) is 0 Å². The first-order valence-electron chi connectivity index (χ1n) is 6.48. The number of hydrogen-bond acceptors (Lipinski definition) is 3. The number of carbonyl (C=O) groups excluding carboxylic acids is 1. The van der Waals surface area contributed by atoms with Crippen molar-refractivity contribution in [1.82, 2.24) is 4.90 Å². The largest absolute Gasteiger partial charge is 0.338 e. The second-order valence-corrected chi connectivity index (χ2v) is 6.13. The monoisotopic (exact) mass is 298 g/mol. The maximum atomic E-state index is 12.5. The van der Waals surface area contributed by atoms with Gasteiger partial charge in [-0.25, -0.2) is 0 Å². The normalized spacial score (nSPS) is 19.5. The molecule has 0 radical (unpaired) electrons. The number of likely N-dealkylation sites (tertiary alicyclic amines) is 1. The average Bonchev–Trinajstić information content (AvgIpc) is 2.47. The van der Waals surface area contributed by atoms with E-state index in [9.17, 15) is 4.79 Å². The van der Waals surface area contributed by atoms with Crippen molar-refractivity contribution in [2.24, 2.45) is 11.7 Å². The molecule has 1 fully saturated rings. The molecule has 1 unspecified atom stereocenters. The van der Waals surface area contributed by atoms with Crippen LogP contribution < -0.4 is 5.73 Å². The van der Waals surface area contributed by atoms with Crippen LogP contribution in [0.25, 0.3) is 0 Å². The van der Waals surface area contributed by atoms with Crippen molar-refractivity contribution in [3.63, 3.8) is 0 Å². The molecule has 0 spiro atoms. The highest BCUT2D eigenvalue weighted by Crippen LogP contribution is 2.26. The van der Waals surface area contributed by atoms with Gasteiger partial charge in [-0.15, -0.1) is 11.8 Å². The summed E-state index contributed by atoms with van der Waals surface area (Å²) in [7, 11) is 0. The molecule has 0 aliphatic carbocycles. The molecule has 0 aromatic heterocycles. The van der Waals surface area contributed by atoms with Crippen LogP contribution in [0.2, 0.25) is 5.02 Å². The number of rotatable bonds is 3. The Hall–Kier alpha value is -0.710. The summed E-state index contributed by atoms with van der Waals surface area (Å²) in [5, 5.41) is 0.526. The van der Waals surface area contributed by atoms with Crippen LogP contribution in [0.5, 0.6) is 0 Å². The van der Waals surface area contributed by atoms with E-state index in [1.807, 2.05) is 23.3 Å². The van der Waals surface area contributed by atoms with Gasteiger partial charge in [-0.2, -0.15) is 0 Å². The minimum absolute atomic E-state index is 0.0269. The fourth-order valence-electron chi connectivity index (χ4n) is 2.41. The van der Waals surface area contributed by atoms with Gasteiger partial charge in [-0.05, 0) is 49.8 Å². The van der Waals surface area contributed by atoms with Gasteiger partial charge in [-0.1, -0.05) is 11.6 Å². The predicted molar refractivity (Wildman–Crippen MR) is 80.9 cm³/mol. The molecular weight excluding hydrogens is 280 g/mol. The number of piperidine rings is 1. The van der Waals surface area contributed by atoms with Crippen molar-refractivity contribution in [3.8, 4) is 0 Å². The number of carbonyl (C=O) groups is 1. The van der Waals surface area contributed by atoms with Crippen molar-refractivity contribution in [1.29, 1.82) is 0 Å². The van der Waals surface area contributed by atoms with Crippen LogP contribution in [0, 0.1) is 5.92 Å². The van der Waals surface area contributed by atoms with E-state index >= 15 is 0 Å².